The summed E-state index contributed by atoms with van der Waals surface area (Å²) >= 11 is 0. The summed E-state index contributed by atoms with van der Waals surface area (Å²) < 4.78 is 0. The first-order valence-electron chi connectivity index (χ1n) is 8.68. The van der Waals surface area contributed by atoms with Crippen molar-refractivity contribution in [1.29, 1.82) is 0 Å². The molecule has 1 nitrogen and oxygen atoms in total. The quantitative estimate of drug-likeness (QED) is 0.526. The molecule has 0 bridgehead atoms. The molecule has 0 spiro atoms. The minimum absolute atomic E-state index is 0.911. The molecule has 0 amide bonds. The van der Waals surface area contributed by atoms with Crippen molar-refractivity contribution in [3.8, 4) is 11.1 Å². The summed E-state index contributed by atoms with van der Waals surface area (Å²) in [6, 6.07) is 19.1. The Morgan fingerprint density at radius 2 is 1.54 bits per heavy atom. The molecule has 0 radical (unpaired) electrons. The predicted octanol–water partition coefficient (Wildman–Crippen LogP) is 6.85. The Hall–Kier alpha value is -2.54. The van der Waals surface area contributed by atoms with Gasteiger partial charge in [-0.1, -0.05) is 75.0 Å². The van der Waals surface area contributed by atoms with E-state index < -0.39 is 0 Å². The molecule has 0 saturated heterocycles. The van der Waals surface area contributed by atoms with Crippen molar-refractivity contribution in [3.05, 3.63) is 91.2 Å². The van der Waals surface area contributed by atoms with Gasteiger partial charge in [-0.2, -0.15) is 0 Å². The van der Waals surface area contributed by atoms with Gasteiger partial charge in [-0.3, -0.25) is 0 Å². The van der Waals surface area contributed by atoms with Gasteiger partial charge in [-0.05, 0) is 49.3 Å². The van der Waals surface area contributed by atoms with Crippen LogP contribution in [0.1, 0.15) is 27.7 Å². The molecule has 0 heterocycles. The summed E-state index contributed by atoms with van der Waals surface area (Å²) in [4.78, 5) is 2.27. The Balaban J connectivity index is 0.00000139. The van der Waals surface area contributed by atoms with Crippen LogP contribution in [-0.2, 0) is 0 Å². The zero-order valence-electron chi connectivity index (χ0n) is 15.4. The normalized spacial score (nSPS) is 10.9. The van der Waals surface area contributed by atoms with Gasteiger partial charge >= 0.3 is 0 Å². The number of hydrogen-bond donors (Lipinski definition) is 0. The standard InChI is InChI=1S/C21H23N.C2H6/c1-4-10-20(11-5-2)22(6-3)21-16-14-19(15-17-21)18-12-8-7-9-13-18;1-2/h4-5,7-17H,1,6H2,2-3H3;1-2H3/b11-5-,20-10+;. The minimum Gasteiger partial charge on any atom is -0.342 e. The maximum atomic E-state index is 3.81. The lowest BCUT2D eigenvalue weighted by Gasteiger charge is -2.24. The molecule has 24 heavy (non-hydrogen) atoms. The Bertz CT molecular complexity index is 648. The molecular formula is C23H29N. The monoisotopic (exact) mass is 319 g/mol. The van der Waals surface area contributed by atoms with E-state index >= 15 is 0 Å². The highest BCUT2D eigenvalue weighted by molar-refractivity contribution is 5.67. The van der Waals surface area contributed by atoms with Crippen molar-refractivity contribution in [2.45, 2.75) is 27.7 Å². The summed E-state index contributed by atoms with van der Waals surface area (Å²) in [6.07, 6.45) is 8.03. The van der Waals surface area contributed by atoms with Crippen molar-refractivity contribution in [2.75, 3.05) is 11.4 Å². The number of rotatable bonds is 6. The van der Waals surface area contributed by atoms with Crippen LogP contribution in [-0.4, -0.2) is 6.54 Å². The first-order chi connectivity index (χ1) is 11.8. The molecule has 0 N–H and O–H groups in total. The van der Waals surface area contributed by atoms with Crippen LogP contribution in [0.25, 0.3) is 11.1 Å². The smallest absolute Gasteiger partial charge is 0.0411 e. The van der Waals surface area contributed by atoms with Crippen LogP contribution in [0.15, 0.2) is 91.2 Å². The second kappa shape index (κ2) is 11.1. The molecule has 126 valence electrons. The fourth-order valence-corrected chi connectivity index (χ4v) is 2.51. The van der Waals surface area contributed by atoms with E-state index in [0.717, 1.165) is 12.2 Å². The van der Waals surface area contributed by atoms with Gasteiger partial charge in [0, 0.05) is 17.9 Å². The van der Waals surface area contributed by atoms with E-state index in [1.807, 2.05) is 39.0 Å². The minimum atomic E-state index is 0.911. The van der Waals surface area contributed by atoms with Crippen LogP contribution in [0.3, 0.4) is 0 Å². The van der Waals surface area contributed by atoms with Gasteiger partial charge < -0.3 is 4.90 Å². The molecule has 2 rings (SSSR count). The van der Waals surface area contributed by atoms with Crippen LogP contribution in [0.5, 0.6) is 0 Å². The maximum absolute atomic E-state index is 3.81. The molecule has 2 aromatic rings. The Labute approximate surface area is 147 Å². The zero-order valence-corrected chi connectivity index (χ0v) is 15.4. The molecule has 0 aliphatic carbocycles. The second-order valence-electron chi connectivity index (χ2n) is 4.98. The van der Waals surface area contributed by atoms with Crippen LogP contribution in [0.2, 0.25) is 0 Å². The molecular weight excluding hydrogens is 290 g/mol. The van der Waals surface area contributed by atoms with Gasteiger partial charge in [0.25, 0.3) is 0 Å². The van der Waals surface area contributed by atoms with Gasteiger partial charge in [-0.25, -0.2) is 0 Å². The maximum Gasteiger partial charge on any atom is 0.0411 e. The van der Waals surface area contributed by atoms with Gasteiger partial charge in [0.1, 0.15) is 0 Å². The molecule has 0 saturated carbocycles. The number of anilines is 1. The Morgan fingerprint density at radius 1 is 0.958 bits per heavy atom. The molecule has 2 aromatic carbocycles. The molecule has 0 aromatic heterocycles. The molecule has 0 aliphatic heterocycles. The average molecular weight is 319 g/mol. The second-order valence-corrected chi connectivity index (χ2v) is 4.98. The summed E-state index contributed by atoms with van der Waals surface area (Å²) in [5, 5.41) is 0. The summed E-state index contributed by atoms with van der Waals surface area (Å²) in [6.45, 7) is 12.9. The van der Waals surface area contributed by atoms with E-state index in [2.05, 4.69) is 79.1 Å². The summed E-state index contributed by atoms with van der Waals surface area (Å²) in [5.74, 6) is 0. The largest absolute Gasteiger partial charge is 0.342 e. The average Bonchev–Trinajstić information content (AvgIpc) is 2.66. The molecule has 1 heteroatoms. The van der Waals surface area contributed by atoms with E-state index in [-0.39, 0.29) is 0 Å². The molecule has 0 aliphatic rings. The van der Waals surface area contributed by atoms with Crippen molar-refractivity contribution < 1.29 is 0 Å². The Morgan fingerprint density at radius 3 is 2.04 bits per heavy atom. The number of allylic oxidation sites excluding steroid dienone is 4. The summed E-state index contributed by atoms with van der Waals surface area (Å²) in [5.41, 5.74) is 4.81. The third-order valence-electron chi connectivity index (χ3n) is 3.54. The molecule has 0 atom stereocenters. The molecule has 0 unspecified atom stereocenters. The highest BCUT2D eigenvalue weighted by Gasteiger charge is 2.07. The Kier molecular flexibility index (Phi) is 8.99. The highest BCUT2D eigenvalue weighted by atomic mass is 15.1. The van der Waals surface area contributed by atoms with Gasteiger partial charge in [-0.15, -0.1) is 0 Å². The van der Waals surface area contributed by atoms with E-state index in [1.165, 1.54) is 16.8 Å². The van der Waals surface area contributed by atoms with Crippen molar-refractivity contribution in [3.63, 3.8) is 0 Å². The number of benzene rings is 2. The number of nitrogens with zero attached hydrogens (tertiary/aromatic N) is 1. The van der Waals surface area contributed by atoms with Crippen LogP contribution in [0.4, 0.5) is 5.69 Å². The van der Waals surface area contributed by atoms with Crippen LogP contribution >= 0.6 is 0 Å². The molecule has 0 fully saturated rings. The van der Waals surface area contributed by atoms with E-state index in [9.17, 15) is 0 Å². The van der Waals surface area contributed by atoms with E-state index in [4.69, 9.17) is 0 Å². The van der Waals surface area contributed by atoms with Gasteiger partial charge in [0.05, 0.1) is 0 Å². The third-order valence-corrected chi connectivity index (χ3v) is 3.54. The van der Waals surface area contributed by atoms with Crippen LogP contribution < -0.4 is 4.90 Å². The zero-order chi connectivity index (χ0) is 17.8. The SMILES string of the molecule is C=C/C=C(\C=C/C)N(CC)c1ccc(-c2ccccc2)cc1.CC. The van der Waals surface area contributed by atoms with Crippen molar-refractivity contribution >= 4 is 5.69 Å². The first-order valence-corrected chi connectivity index (χ1v) is 8.68. The van der Waals surface area contributed by atoms with E-state index in [0.29, 0.717) is 0 Å². The topological polar surface area (TPSA) is 3.24 Å². The fourth-order valence-electron chi connectivity index (χ4n) is 2.51. The highest BCUT2D eigenvalue weighted by Crippen LogP contribution is 2.25. The third kappa shape index (κ3) is 5.27. The van der Waals surface area contributed by atoms with Crippen LogP contribution in [0, 0.1) is 0 Å². The fraction of sp³-hybridized carbons (Fsp3) is 0.217. The van der Waals surface area contributed by atoms with Gasteiger partial charge in [0.15, 0.2) is 0 Å². The predicted molar refractivity (Wildman–Crippen MR) is 109 cm³/mol. The number of likely N-dealkylation sites (N-methyl/N-ethyl adjacent to an activating group) is 1. The van der Waals surface area contributed by atoms with Gasteiger partial charge in [0.2, 0.25) is 0 Å². The lowest BCUT2D eigenvalue weighted by atomic mass is 10.1. The van der Waals surface area contributed by atoms with Crippen molar-refractivity contribution in [2.24, 2.45) is 0 Å². The first kappa shape index (κ1) is 19.5. The summed E-state index contributed by atoms with van der Waals surface area (Å²) in [7, 11) is 0. The lowest BCUT2D eigenvalue weighted by Crippen LogP contribution is -2.20. The number of hydrogen-bond acceptors (Lipinski definition) is 1. The lowest BCUT2D eigenvalue weighted by molar-refractivity contribution is 0.978. The van der Waals surface area contributed by atoms with E-state index in [1.54, 1.807) is 0 Å². The van der Waals surface area contributed by atoms with Crippen molar-refractivity contribution in [1.82, 2.24) is 0 Å².